The van der Waals surface area contributed by atoms with Crippen molar-refractivity contribution in [2.24, 2.45) is 0 Å². The molecule has 0 fully saturated rings. The normalized spacial score (nSPS) is 10.9. The Morgan fingerprint density at radius 1 is 0.269 bits per heavy atom. The Bertz CT molecular complexity index is 1880. The molecule has 0 heterocycles. The monoisotopic (exact) mass is 1090 g/mol. The van der Waals surface area contributed by atoms with E-state index in [-0.39, 0.29) is 22.3 Å². The molecule has 0 saturated carbocycles. The molecule has 0 saturated heterocycles. The number of nitrogens with one attached hydrogen (secondary N) is 4. The lowest BCUT2D eigenvalue weighted by molar-refractivity contribution is 0.0844. The number of unbranched alkanes of at least 4 members (excludes halogenated alkanes) is 24. The number of hydrazine groups is 2. The van der Waals surface area contributed by atoms with Crippen LogP contribution >= 0.6 is 0 Å². The highest BCUT2D eigenvalue weighted by atomic mass is 16.5. The summed E-state index contributed by atoms with van der Waals surface area (Å²) in [5.41, 5.74) is 10.9. The maximum Gasteiger partial charge on any atom is 0.269 e. The van der Waals surface area contributed by atoms with Crippen molar-refractivity contribution in [3.05, 3.63) is 70.8 Å². The van der Waals surface area contributed by atoms with Gasteiger partial charge in [-0.15, -0.1) is 0 Å². The van der Waals surface area contributed by atoms with Crippen LogP contribution < -0.4 is 50.1 Å². The zero-order valence-electron chi connectivity index (χ0n) is 49.2. The summed E-state index contributed by atoms with van der Waals surface area (Å²) >= 11 is 0. The molecule has 0 atom stereocenters. The highest BCUT2D eigenvalue weighted by Crippen LogP contribution is 2.41. The summed E-state index contributed by atoms with van der Waals surface area (Å²) in [6.45, 7) is 16.0. The number of carbonyl (C=O) groups excluding carboxylic acids is 4. The molecule has 3 aromatic rings. The first-order valence-corrected chi connectivity index (χ1v) is 30.6. The maximum absolute atomic E-state index is 13.8. The number of benzene rings is 3. The minimum Gasteiger partial charge on any atom is -0.490 e. The van der Waals surface area contributed by atoms with Crippen molar-refractivity contribution in [1.82, 2.24) is 21.7 Å². The molecule has 3 aromatic carbocycles. The van der Waals surface area contributed by atoms with Crippen molar-refractivity contribution in [2.75, 3.05) is 39.6 Å². The van der Waals surface area contributed by atoms with E-state index in [1.807, 2.05) is 0 Å². The summed E-state index contributed by atoms with van der Waals surface area (Å²) in [4.78, 5) is 54.3. The first kappa shape index (κ1) is 66.6. The molecule has 0 aliphatic rings. The second-order valence-corrected chi connectivity index (χ2v) is 20.6. The quantitative estimate of drug-likeness (QED) is 0.0315. The molecule has 14 heteroatoms. The summed E-state index contributed by atoms with van der Waals surface area (Å²) in [6.07, 6.45) is 32.2. The van der Waals surface area contributed by atoms with Crippen LogP contribution in [0.15, 0.2) is 48.5 Å². The van der Waals surface area contributed by atoms with Gasteiger partial charge in [0.1, 0.15) is 0 Å². The molecular formula is C64H102N4O10. The number of ether oxygens (including phenoxy) is 6. The van der Waals surface area contributed by atoms with E-state index in [0.717, 1.165) is 154 Å². The van der Waals surface area contributed by atoms with Crippen molar-refractivity contribution in [1.29, 1.82) is 0 Å². The largest absolute Gasteiger partial charge is 0.490 e. The fourth-order valence-corrected chi connectivity index (χ4v) is 8.73. The van der Waals surface area contributed by atoms with Crippen LogP contribution in [0.2, 0.25) is 0 Å². The lowest BCUT2D eigenvalue weighted by atomic mass is 10.1. The molecular weight excluding hydrogens is 985 g/mol. The van der Waals surface area contributed by atoms with Crippen LogP contribution in [0.5, 0.6) is 34.5 Å². The van der Waals surface area contributed by atoms with Crippen LogP contribution in [0, 0.1) is 0 Å². The van der Waals surface area contributed by atoms with Gasteiger partial charge in [0.25, 0.3) is 23.6 Å². The van der Waals surface area contributed by atoms with Crippen LogP contribution in [-0.4, -0.2) is 63.3 Å². The molecule has 3 rings (SSSR count). The first-order chi connectivity index (χ1) is 38.2. The van der Waals surface area contributed by atoms with Crippen LogP contribution in [0.3, 0.4) is 0 Å². The Balaban J connectivity index is 1.74. The molecule has 438 valence electrons. The SMILES string of the molecule is CCCCCCCOc1cc(C(=O)NNC(=O)c2ccc(C(=O)NNC(=O)c3cc(OCCCCCCC)c(OCCCCCCC)c(OCCCCCCC)c3)cc2)cc(OCCCCCCC)c1OCCCCCCC. The first-order valence-electron chi connectivity index (χ1n) is 30.6. The van der Waals surface area contributed by atoms with Gasteiger partial charge in [0.05, 0.1) is 39.6 Å². The van der Waals surface area contributed by atoms with E-state index in [0.29, 0.717) is 74.1 Å². The van der Waals surface area contributed by atoms with Crippen LogP contribution in [0.25, 0.3) is 0 Å². The molecule has 4 N–H and O–H groups in total. The third-order valence-electron chi connectivity index (χ3n) is 13.6. The molecule has 0 aromatic heterocycles. The Kier molecular flexibility index (Phi) is 36.9. The second kappa shape index (κ2) is 43.2. The van der Waals surface area contributed by atoms with Gasteiger partial charge in [-0.3, -0.25) is 40.9 Å². The average molecular weight is 1090 g/mol. The highest BCUT2D eigenvalue weighted by molar-refractivity contribution is 6.02. The molecule has 0 unspecified atom stereocenters. The number of carbonyl (C=O) groups is 4. The van der Waals surface area contributed by atoms with E-state index in [9.17, 15) is 19.2 Å². The van der Waals surface area contributed by atoms with Gasteiger partial charge in [-0.2, -0.15) is 0 Å². The summed E-state index contributed by atoms with van der Waals surface area (Å²) in [6, 6.07) is 12.4. The van der Waals surface area contributed by atoms with Gasteiger partial charge < -0.3 is 28.4 Å². The van der Waals surface area contributed by atoms with Crippen molar-refractivity contribution < 1.29 is 47.6 Å². The summed E-state index contributed by atoms with van der Waals surface area (Å²) in [5, 5.41) is 0. The Labute approximate surface area is 470 Å². The molecule has 0 aliphatic heterocycles. The van der Waals surface area contributed by atoms with Gasteiger partial charge in [0.2, 0.25) is 11.5 Å². The molecule has 0 radical (unpaired) electrons. The van der Waals surface area contributed by atoms with E-state index in [2.05, 4.69) is 63.2 Å². The second-order valence-electron chi connectivity index (χ2n) is 20.6. The minimum absolute atomic E-state index is 0.191. The molecule has 0 aliphatic carbocycles. The standard InChI is InChI=1S/C64H102N4O10/c1-7-13-19-25-31-41-73-55-47-53(48-56(74-42-32-26-20-14-8-2)59(55)77-45-35-29-23-17-11-5)63(71)67-65-61(69)51-37-39-52(40-38-51)62(70)66-68-64(72)54-49-57(75-43-33-27-21-15-9-3)60(78-46-36-30-24-18-12-6)58(50-54)76-44-34-28-22-16-10-4/h37-40,47-50H,7-36,41-46H2,1-6H3,(H,65,69)(H,66,70)(H,67,71)(H,68,72). The lowest BCUT2D eigenvalue weighted by Gasteiger charge is -2.19. The Hall–Kier alpha value is -5.66. The third-order valence-corrected chi connectivity index (χ3v) is 13.6. The van der Waals surface area contributed by atoms with Crippen molar-refractivity contribution in [3.8, 4) is 34.5 Å². The molecule has 78 heavy (non-hydrogen) atoms. The zero-order chi connectivity index (χ0) is 56.3. The van der Waals surface area contributed by atoms with Gasteiger partial charge in [-0.25, -0.2) is 0 Å². The smallest absolute Gasteiger partial charge is 0.269 e. The van der Waals surface area contributed by atoms with Crippen LogP contribution in [-0.2, 0) is 0 Å². The summed E-state index contributed by atoms with van der Waals surface area (Å²) < 4.78 is 38.1. The van der Waals surface area contributed by atoms with Crippen LogP contribution in [0.4, 0.5) is 0 Å². The third kappa shape index (κ3) is 27.8. The fourth-order valence-electron chi connectivity index (χ4n) is 8.73. The fraction of sp³-hybridized carbons (Fsp3) is 0.656. The zero-order valence-corrected chi connectivity index (χ0v) is 49.2. The van der Waals surface area contributed by atoms with E-state index >= 15 is 0 Å². The van der Waals surface area contributed by atoms with E-state index in [1.54, 1.807) is 24.3 Å². The van der Waals surface area contributed by atoms with E-state index < -0.39 is 23.6 Å². The predicted octanol–water partition coefficient (Wildman–Crippen LogP) is 15.9. The summed E-state index contributed by atoms with van der Waals surface area (Å²) in [5.74, 6) is 0.378. The van der Waals surface area contributed by atoms with Crippen molar-refractivity contribution in [2.45, 2.75) is 234 Å². The summed E-state index contributed by atoms with van der Waals surface area (Å²) in [7, 11) is 0. The molecule has 0 bridgehead atoms. The van der Waals surface area contributed by atoms with Gasteiger partial charge in [0.15, 0.2) is 23.0 Å². The van der Waals surface area contributed by atoms with Gasteiger partial charge >= 0.3 is 0 Å². The van der Waals surface area contributed by atoms with Crippen LogP contribution in [0.1, 0.15) is 276 Å². The van der Waals surface area contributed by atoms with Crippen molar-refractivity contribution >= 4 is 23.6 Å². The number of rotatable bonds is 46. The highest BCUT2D eigenvalue weighted by Gasteiger charge is 2.22. The lowest BCUT2D eigenvalue weighted by Crippen LogP contribution is -2.42. The number of hydrogen-bond donors (Lipinski definition) is 4. The minimum atomic E-state index is -0.597. The Morgan fingerprint density at radius 3 is 0.679 bits per heavy atom. The van der Waals surface area contributed by atoms with E-state index in [4.69, 9.17) is 28.4 Å². The molecule has 0 spiro atoms. The number of amides is 4. The van der Waals surface area contributed by atoms with Gasteiger partial charge in [-0.05, 0) is 87.1 Å². The molecule has 4 amide bonds. The van der Waals surface area contributed by atoms with Crippen molar-refractivity contribution in [3.63, 3.8) is 0 Å². The van der Waals surface area contributed by atoms with E-state index in [1.165, 1.54) is 62.8 Å². The van der Waals surface area contributed by atoms with Gasteiger partial charge in [-0.1, -0.05) is 196 Å². The predicted molar refractivity (Wildman–Crippen MR) is 315 cm³/mol. The Morgan fingerprint density at radius 2 is 0.462 bits per heavy atom. The topological polar surface area (TPSA) is 172 Å². The number of hydrogen-bond acceptors (Lipinski definition) is 10. The maximum atomic E-state index is 13.8. The average Bonchev–Trinajstić information content (AvgIpc) is 3.45. The molecule has 14 nitrogen and oxygen atoms in total. The van der Waals surface area contributed by atoms with Gasteiger partial charge in [0, 0.05) is 22.3 Å².